The Labute approximate surface area is 178 Å². The molecule has 0 bridgehead atoms. The number of aliphatic hydroxyl groups is 2. The van der Waals surface area contributed by atoms with Crippen LogP contribution in [0, 0.1) is 0 Å². The number of ether oxygens (including phenoxy) is 1. The lowest BCUT2D eigenvalue weighted by molar-refractivity contribution is -0.154. The number of fused-ring (bicyclic) bond motifs is 1. The zero-order chi connectivity index (χ0) is 21.8. The van der Waals surface area contributed by atoms with E-state index >= 15 is 0 Å². The summed E-state index contributed by atoms with van der Waals surface area (Å²) in [4.78, 5) is 47.4. The first-order valence-electron chi connectivity index (χ1n) is 8.61. The topological polar surface area (TPSA) is 177 Å². The molecular weight excluding hydrogens is 438 g/mol. The lowest BCUT2D eigenvalue weighted by Crippen LogP contribution is -2.70. The molecule has 0 saturated carbocycles. The van der Waals surface area contributed by atoms with Crippen molar-refractivity contribution in [2.24, 2.45) is 5.16 Å². The number of carbonyl (C=O) groups excluding carboxylic acids is 3. The van der Waals surface area contributed by atoms with Gasteiger partial charge in [0.15, 0.2) is 10.8 Å². The third-order valence-electron chi connectivity index (χ3n) is 4.12. The Balaban J connectivity index is 1.67. The molecule has 1 saturated heterocycles. The van der Waals surface area contributed by atoms with Crippen LogP contribution in [0.25, 0.3) is 0 Å². The van der Waals surface area contributed by atoms with Crippen LogP contribution in [0.4, 0.5) is 5.13 Å². The number of rotatable bonds is 8. The Kier molecular flexibility index (Phi) is 6.91. The van der Waals surface area contributed by atoms with Crippen molar-refractivity contribution in [3.8, 4) is 0 Å². The highest BCUT2D eigenvalue weighted by molar-refractivity contribution is 8.00. The van der Waals surface area contributed by atoms with E-state index in [9.17, 15) is 19.5 Å². The molecule has 1 fully saturated rings. The van der Waals surface area contributed by atoms with Crippen molar-refractivity contribution >= 4 is 51.7 Å². The van der Waals surface area contributed by atoms with Crippen LogP contribution >= 0.6 is 23.1 Å². The molecule has 2 amide bonds. The lowest BCUT2D eigenvalue weighted by Gasteiger charge is -2.48. The summed E-state index contributed by atoms with van der Waals surface area (Å²) in [7, 11) is 1.27. The van der Waals surface area contributed by atoms with Gasteiger partial charge in [0.05, 0.1) is 6.61 Å². The number of amides is 2. The Hall–Kier alpha value is -2.68. The monoisotopic (exact) mass is 457 g/mol. The maximum absolute atomic E-state index is 12.7. The average molecular weight is 457 g/mol. The first-order chi connectivity index (χ1) is 14.4. The van der Waals surface area contributed by atoms with Gasteiger partial charge in [-0.2, -0.15) is 0 Å². The van der Waals surface area contributed by atoms with Gasteiger partial charge in [0, 0.05) is 11.1 Å². The minimum atomic E-state index is -1.21. The first kappa shape index (κ1) is 22.0. The highest BCUT2D eigenvalue weighted by atomic mass is 32.2. The summed E-state index contributed by atoms with van der Waals surface area (Å²) in [5, 5.41) is 25.6. The third-order valence-corrected chi connectivity index (χ3v) is 5.98. The molecule has 0 aliphatic carbocycles. The van der Waals surface area contributed by atoms with Crippen LogP contribution in [-0.4, -0.2) is 87.2 Å². The van der Waals surface area contributed by atoms with Crippen molar-refractivity contribution in [1.29, 1.82) is 0 Å². The first-order valence-corrected chi connectivity index (χ1v) is 10.5. The van der Waals surface area contributed by atoms with E-state index in [0.29, 0.717) is 5.75 Å². The van der Waals surface area contributed by atoms with E-state index < -0.39 is 48.5 Å². The normalized spacial score (nSPS) is 21.8. The fourth-order valence-corrected chi connectivity index (χ4v) is 4.47. The van der Waals surface area contributed by atoms with Crippen LogP contribution in [0.15, 0.2) is 22.3 Å². The number of nitrogens with one attached hydrogen (secondary N) is 1. The predicted octanol–water partition coefficient (Wildman–Crippen LogP) is -1.74. The van der Waals surface area contributed by atoms with Gasteiger partial charge < -0.3 is 30.8 Å². The maximum Gasteiger partial charge on any atom is 0.354 e. The second-order valence-electron chi connectivity index (χ2n) is 6.10. The van der Waals surface area contributed by atoms with E-state index in [0.717, 1.165) is 11.3 Å². The van der Waals surface area contributed by atoms with Crippen LogP contribution < -0.4 is 11.1 Å². The fourth-order valence-electron chi connectivity index (χ4n) is 2.73. The van der Waals surface area contributed by atoms with Gasteiger partial charge in [-0.1, -0.05) is 5.16 Å². The van der Waals surface area contributed by atoms with Gasteiger partial charge in [0.2, 0.25) is 0 Å². The lowest BCUT2D eigenvalue weighted by atomic mass is 10.0. The third kappa shape index (κ3) is 4.40. The number of aromatic nitrogens is 1. The Morgan fingerprint density at radius 1 is 1.53 bits per heavy atom. The molecule has 0 aromatic carbocycles. The molecule has 1 aromatic rings. The van der Waals surface area contributed by atoms with E-state index in [1.165, 1.54) is 35.2 Å². The molecule has 1 aromatic heterocycles. The van der Waals surface area contributed by atoms with Gasteiger partial charge in [-0.25, -0.2) is 9.78 Å². The van der Waals surface area contributed by atoms with Crippen LogP contribution in [0.2, 0.25) is 0 Å². The molecule has 2 unspecified atom stereocenters. The number of aliphatic hydroxyl groups excluding tert-OH is 2. The Morgan fingerprint density at radius 3 is 2.93 bits per heavy atom. The van der Waals surface area contributed by atoms with Crippen molar-refractivity contribution < 1.29 is 34.2 Å². The van der Waals surface area contributed by atoms with Gasteiger partial charge in [-0.3, -0.25) is 14.5 Å². The molecule has 12 nitrogen and oxygen atoms in total. The summed E-state index contributed by atoms with van der Waals surface area (Å²) in [5.41, 5.74) is 5.70. The summed E-state index contributed by atoms with van der Waals surface area (Å²) in [6.07, 6.45) is 0.321. The molecule has 2 aliphatic rings. The zero-order valence-corrected chi connectivity index (χ0v) is 17.3. The number of nitrogens with zero attached hydrogens (tertiary/aromatic N) is 3. The smallest absolute Gasteiger partial charge is 0.354 e. The second kappa shape index (κ2) is 9.42. The minimum Gasteiger partial charge on any atom is -0.458 e. The minimum absolute atomic E-state index is 0.0254. The van der Waals surface area contributed by atoms with E-state index in [1.807, 2.05) is 0 Å². The molecular formula is C16H19N5O7S2. The van der Waals surface area contributed by atoms with E-state index in [-0.39, 0.29) is 22.2 Å². The summed E-state index contributed by atoms with van der Waals surface area (Å²) in [6, 6.07) is -0.889. The molecule has 162 valence electrons. The zero-order valence-electron chi connectivity index (χ0n) is 15.7. The molecule has 30 heavy (non-hydrogen) atoms. The van der Waals surface area contributed by atoms with Crippen LogP contribution in [0.1, 0.15) is 5.69 Å². The van der Waals surface area contributed by atoms with Crippen molar-refractivity contribution in [3.63, 3.8) is 0 Å². The van der Waals surface area contributed by atoms with Gasteiger partial charge in [0.25, 0.3) is 11.8 Å². The highest BCUT2D eigenvalue weighted by Gasteiger charge is 2.53. The SMILES string of the molecule is CON=C(C(=O)NC1C(=O)N2C(C(=O)OCC(O)CO)=CCS[C@@H]12)c1csc(N)n1. The molecule has 14 heteroatoms. The van der Waals surface area contributed by atoms with Crippen molar-refractivity contribution in [1.82, 2.24) is 15.2 Å². The van der Waals surface area contributed by atoms with Gasteiger partial charge >= 0.3 is 5.97 Å². The number of hydrogen-bond acceptors (Lipinski definition) is 12. The number of hydrogen-bond donors (Lipinski definition) is 4. The number of oxime groups is 1. The van der Waals surface area contributed by atoms with Crippen LogP contribution in [0.5, 0.6) is 0 Å². The number of nitrogen functional groups attached to an aromatic ring is 1. The van der Waals surface area contributed by atoms with Crippen molar-refractivity contribution in [2.45, 2.75) is 17.5 Å². The molecule has 0 spiro atoms. The number of β-lactam (4-membered cyclic amide) rings is 1. The number of anilines is 1. The number of thioether (sulfide) groups is 1. The second-order valence-corrected chi connectivity index (χ2v) is 8.14. The Bertz CT molecular complexity index is 902. The maximum atomic E-state index is 12.7. The number of thiazole rings is 1. The number of nitrogens with two attached hydrogens (primary N) is 1. The molecule has 2 aliphatic heterocycles. The molecule has 0 radical (unpaired) electrons. The summed E-state index contributed by atoms with van der Waals surface area (Å²) in [5.74, 6) is -1.56. The van der Waals surface area contributed by atoms with Crippen molar-refractivity contribution in [3.05, 3.63) is 22.8 Å². The summed E-state index contributed by atoms with van der Waals surface area (Å²) in [6.45, 7) is -0.960. The fraction of sp³-hybridized carbons (Fsp3) is 0.438. The largest absolute Gasteiger partial charge is 0.458 e. The average Bonchev–Trinajstić information content (AvgIpc) is 3.18. The van der Waals surface area contributed by atoms with Crippen LogP contribution in [0.3, 0.4) is 0 Å². The molecule has 3 atom stereocenters. The van der Waals surface area contributed by atoms with E-state index in [1.54, 1.807) is 0 Å². The molecule has 3 rings (SSSR count). The molecule has 3 heterocycles. The standard InChI is InChI=1S/C16H19N5O7S2/c1-27-20-10(8-6-30-16(17)18-8)12(24)19-11-13(25)21-9(2-3-29-14(11)21)15(26)28-5-7(23)4-22/h2,6-7,11,14,22-23H,3-5H2,1H3,(H2,17,18)(H,19,24)/t7?,11?,14-/m0/s1. The van der Waals surface area contributed by atoms with E-state index in [4.69, 9.17) is 20.4 Å². The predicted molar refractivity (Wildman–Crippen MR) is 107 cm³/mol. The number of esters is 1. The van der Waals surface area contributed by atoms with E-state index in [2.05, 4.69) is 15.5 Å². The van der Waals surface area contributed by atoms with Gasteiger partial charge in [0.1, 0.15) is 42.6 Å². The summed E-state index contributed by atoms with van der Waals surface area (Å²) >= 11 is 2.48. The van der Waals surface area contributed by atoms with Gasteiger partial charge in [-0.15, -0.1) is 23.1 Å². The van der Waals surface area contributed by atoms with Crippen molar-refractivity contribution in [2.75, 3.05) is 31.8 Å². The Morgan fingerprint density at radius 2 is 2.30 bits per heavy atom. The number of carbonyl (C=O) groups is 3. The summed E-state index contributed by atoms with van der Waals surface area (Å²) < 4.78 is 4.92. The van der Waals surface area contributed by atoms with Gasteiger partial charge in [-0.05, 0) is 6.08 Å². The highest BCUT2D eigenvalue weighted by Crippen LogP contribution is 2.37. The molecule has 5 N–H and O–H groups in total. The van der Waals surface area contributed by atoms with Crippen LogP contribution in [-0.2, 0) is 24.0 Å². The quantitative estimate of drug-likeness (QED) is 0.152.